The van der Waals surface area contributed by atoms with Gasteiger partial charge in [-0.1, -0.05) is 6.92 Å². The van der Waals surface area contributed by atoms with Crippen LogP contribution < -0.4 is 5.73 Å². The Morgan fingerprint density at radius 1 is 1.33 bits per heavy atom. The molecule has 5 unspecified atom stereocenters. The third-order valence-electron chi connectivity index (χ3n) is 4.70. The van der Waals surface area contributed by atoms with E-state index in [2.05, 4.69) is 13.8 Å². The number of amides is 1. The Morgan fingerprint density at radius 2 is 2.06 bits per heavy atom. The Balaban J connectivity index is 1.96. The van der Waals surface area contributed by atoms with E-state index in [4.69, 9.17) is 10.5 Å². The maximum atomic E-state index is 12.6. The second-order valence-electron chi connectivity index (χ2n) is 5.95. The van der Waals surface area contributed by atoms with Crippen LogP contribution in [0.15, 0.2) is 0 Å². The summed E-state index contributed by atoms with van der Waals surface area (Å²) >= 11 is 0. The molecule has 0 spiro atoms. The van der Waals surface area contributed by atoms with E-state index < -0.39 is 0 Å². The maximum Gasteiger partial charge on any atom is 0.228 e. The summed E-state index contributed by atoms with van der Waals surface area (Å²) < 4.78 is 5.77. The molecule has 4 heteroatoms. The second kappa shape index (κ2) is 5.57. The van der Waals surface area contributed by atoms with Crippen LogP contribution >= 0.6 is 0 Å². The maximum absolute atomic E-state index is 12.6. The Morgan fingerprint density at radius 3 is 2.61 bits per heavy atom. The van der Waals surface area contributed by atoms with Gasteiger partial charge in [-0.05, 0) is 45.1 Å². The molecule has 0 aromatic carbocycles. The van der Waals surface area contributed by atoms with Gasteiger partial charge < -0.3 is 15.4 Å². The molecule has 0 aliphatic carbocycles. The summed E-state index contributed by atoms with van der Waals surface area (Å²) in [5, 5.41) is 0. The second-order valence-corrected chi connectivity index (χ2v) is 5.95. The number of carbonyl (C=O) groups excluding carboxylic acids is 1. The molecule has 0 bridgehead atoms. The number of hydrogen-bond acceptors (Lipinski definition) is 3. The summed E-state index contributed by atoms with van der Waals surface area (Å²) in [6, 6.07) is 0. The van der Waals surface area contributed by atoms with Crippen LogP contribution in [0.3, 0.4) is 0 Å². The SMILES string of the molecule is CC1OC(C)C(C(=O)N2CCC(CCN)C2)C1C. The lowest BCUT2D eigenvalue weighted by molar-refractivity contribution is -0.136. The monoisotopic (exact) mass is 254 g/mol. The molecule has 0 aromatic heterocycles. The van der Waals surface area contributed by atoms with Crippen molar-refractivity contribution in [2.75, 3.05) is 19.6 Å². The molecule has 2 N–H and O–H groups in total. The van der Waals surface area contributed by atoms with Crippen molar-refractivity contribution in [3.63, 3.8) is 0 Å². The molecule has 2 aliphatic rings. The predicted octanol–water partition coefficient (Wildman–Crippen LogP) is 1.24. The van der Waals surface area contributed by atoms with E-state index in [-0.39, 0.29) is 18.1 Å². The van der Waals surface area contributed by atoms with E-state index in [1.165, 1.54) is 0 Å². The lowest BCUT2D eigenvalue weighted by Gasteiger charge is -2.24. The molecule has 0 aromatic rings. The Bertz CT molecular complexity index is 308. The number of hydrogen-bond donors (Lipinski definition) is 1. The summed E-state index contributed by atoms with van der Waals surface area (Å²) in [5.41, 5.74) is 5.59. The zero-order valence-corrected chi connectivity index (χ0v) is 11.8. The molecule has 0 radical (unpaired) electrons. The molecule has 2 aliphatic heterocycles. The first-order valence-electron chi connectivity index (χ1n) is 7.19. The highest BCUT2D eigenvalue weighted by Gasteiger charge is 2.44. The standard InChI is InChI=1S/C14H26N2O2/c1-9-10(2)18-11(3)13(9)14(17)16-7-5-12(8-16)4-6-15/h9-13H,4-8,15H2,1-3H3. The summed E-state index contributed by atoms with van der Waals surface area (Å²) in [7, 11) is 0. The molecule has 104 valence electrons. The highest BCUT2D eigenvalue weighted by Crippen LogP contribution is 2.34. The third kappa shape index (κ3) is 2.54. The molecule has 4 nitrogen and oxygen atoms in total. The van der Waals surface area contributed by atoms with Gasteiger partial charge >= 0.3 is 0 Å². The summed E-state index contributed by atoms with van der Waals surface area (Å²) in [4.78, 5) is 14.6. The fourth-order valence-corrected chi connectivity index (χ4v) is 3.41. The largest absolute Gasteiger partial charge is 0.374 e. The molecule has 2 heterocycles. The first-order chi connectivity index (χ1) is 8.54. The van der Waals surface area contributed by atoms with Gasteiger partial charge in [0.05, 0.1) is 18.1 Å². The van der Waals surface area contributed by atoms with Crippen LogP contribution in [-0.2, 0) is 9.53 Å². The first kappa shape index (κ1) is 13.8. The molecule has 2 rings (SSSR count). The van der Waals surface area contributed by atoms with Gasteiger partial charge in [0.1, 0.15) is 0 Å². The van der Waals surface area contributed by atoms with Gasteiger partial charge in [-0.15, -0.1) is 0 Å². The van der Waals surface area contributed by atoms with Crippen LogP contribution in [0.1, 0.15) is 33.6 Å². The topological polar surface area (TPSA) is 55.6 Å². The van der Waals surface area contributed by atoms with Gasteiger partial charge in [-0.3, -0.25) is 4.79 Å². The van der Waals surface area contributed by atoms with E-state index in [1.807, 2.05) is 11.8 Å². The van der Waals surface area contributed by atoms with Crippen LogP contribution in [0.5, 0.6) is 0 Å². The van der Waals surface area contributed by atoms with E-state index in [0.29, 0.717) is 17.7 Å². The number of ether oxygens (including phenoxy) is 1. The number of rotatable bonds is 3. The number of nitrogens with two attached hydrogens (primary N) is 1. The molecule has 2 fully saturated rings. The van der Waals surface area contributed by atoms with E-state index in [9.17, 15) is 4.79 Å². The average Bonchev–Trinajstić information content (AvgIpc) is 2.86. The summed E-state index contributed by atoms with van der Waals surface area (Å²) in [6.45, 7) is 8.73. The highest BCUT2D eigenvalue weighted by atomic mass is 16.5. The fourth-order valence-electron chi connectivity index (χ4n) is 3.41. The Labute approximate surface area is 110 Å². The molecule has 1 amide bonds. The minimum absolute atomic E-state index is 0.0385. The smallest absolute Gasteiger partial charge is 0.228 e. The normalized spacial score (nSPS) is 40.4. The van der Waals surface area contributed by atoms with Crippen molar-refractivity contribution in [1.29, 1.82) is 0 Å². The van der Waals surface area contributed by atoms with Crippen molar-refractivity contribution < 1.29 is 9.53 Å². The molecule has 2 saturated heterocycles. The van der Waals surface area contributed by atoms with Crippen LogP contribution in [0, 0.1) is 17.8 Å². The number of likely N-dealkylation sites (tertiary alicyclic amines) is 1. The predicted molar refractivity (Wildman–Crippen MR) is 71.0 cm³/mol. The van der Waals surface area contributed by atoms with Gasteiger partial charge in [0.2, 0.25) is 5.91 Å². The zero-order chi connectivity index (χ0) is 13.3. The molecule has 5 atom stereocenters. The Kier molecular flexibility index (Phi) is 4.28. The summed E-state index contributed by atoms with van der Waals surface area (Å²) in [5.74, 6) is 1.25. The third-order valence-corrected chi connectivity index (χ3v) is 4.70. The number of carbonyl (C=O) groups is 1. The van der Waals surface area contributed by atoms with Crippen molar-refractivity contribution in [2.45, 2.75) is 45.8 Å². The van der Waals surface area contributed by atoms with E-state index >= 15 is 0 Å². The lowest BCUT2D eigenvalue weighted by Crippen LogP contribution is -2.39. The molecule has 18 heavy (non-hydrogen) atoms. The molecular formula is C14H26N2O2. The fraction of sp³-hybridized carbons (Fsp3) is 0.929. The van der Waals surface area contributed by atoms with Crippen molar-refractivity contribution >= 4 is 5.91 Å². The van der Waals surface area contributed by atoms with Gasteiger partial charge in [-0.25, -0.2) is 0 Å². The molecule has 0 saturated carbocycles. The van der Waals surface area contributed by atoms with Crippen LogP contribution in [0.4, 0.5) is 0 Å². The van der Waals surface area contributed by atoms with Crippen molar-refractivity contribution in [3.05, 3.63) is 0 Å². The van der Waals surface area contributed by atoms with Crippen molar-refractivity contribution in [3.8, 4) is 0 Å². The van der Waals surface area contributed by atoms with Gasteiger partial charge in [0, 0.05) is 13.1 Å². The van der Waals surface area contributed by atoms with Gasteiger partial charge in [-0.2, -0.15) is 0 Å². The van der Waals surface area contributed by atoms with Crippen molar-refractivity contribution in [1.82, 2.24) is 4.90 Å². The zero-order valence-electron chi connectivity index (χ0n) is 11.8. The summed E-state index contributed by atoms with van der Waals surface area (Å²) in [6.07, 6.45) is 2.38. The average molecular weight is 254 g/mol. The van der Waals surface area contributed by atoms with Crippen LogP contribution in [0.2, 0.25) is 0 Å². The minimum Gasteiger partial charge on any atom is -0.374 e. The van der Waals surface area contributed by atoms with E-state index in [1.54, 1.807) is 0 Å². The highest BCUT2D eigenvalue weighted by molar-refractivity contribution is 5.80. The van der Waals surface area contributed by atoms with E-state index in [0.717, 1.165) is 32.5 Å². The Hall–Kier alpha value is -0.610. The van der Waals surface area contributed by atoms with Crippen LogP contribution in [0.25, 0.3) is 0 Å². The molecular weight excluding hydrogens is 228 g/mol. The lowest BCUT2D eigenvalue weighted by atomic mass is 9.88. The first-order valence-corrected chi connectivity index (χ1v) is 7.19. The quantitative estimate of drug-likeness (QED) is 0.824. The van der Waals surface area contributed by atoms with Crippen molar-refractivity contribution in [2.24, 2.45) is 23.5 Å². The minimum atomic E-state index is 0.0385. The van der Waals surface area contributed by atoms with Gasteiger partial charge in [0.15, 0.2) is 0 Å². The van der Waals surface area contributed by atoms with Gasteiger partial charge in [0.25, 0.3) is 0 Å². The van der Waals surface area contributed by atoms with Crippen LogP contribution in [-0.4, -0.2) is 42.6 Å². The number of nitrogens with zero attached hydrogens (tertiary/aromatic N) is 1.